The average Bonchev–Trinajstić information content (AvgIpc) is 2.85. The minimum Gasteiger partial charge on any atom is -0.399 e. The van der Waals surface area contributed by atoms with E-state index in [1.807, 2.05) is 12.1 Å². The van der Waals surface area contributed by atoms with E-state index < -0.39 is 10.0 Å². The number of nitrogens with zero attached hydrogens (tertiary/aromatic N) is 1. The van der Waals surface area contributed by atoms with Crippen LogP contribution in [-0.4, -0.2) is 25.3 Å². The SMILES string of the molecule is Nc1cccc(CS(=O)(=O)N2CCCC3CCCC32)c1. The Labute approximate surface area is 121 Å². The Hall–Kier alpha value is -1.07. The fraction of sp³-hybridized carbons (Fsp3) is 0.600. The molecule has 1 aliphatic heterocycles. The van der Waals surface area contributed by atoms with Crippen LogP contribution in [0.15, 0.2) is 24.3 Å². The predicted molar refractivity (Wildman–Crippen MR) is 80.5 cm³/mol. The van der Waals surface area contributed by atoms with Gasteiger partial charge in [-0.3, -0.25) is 0 Å². The van der Waals surface area contributed by atoms with Crippen molar-refractivity contribution in [3.63, 3.8) is 0 Å². The molecule has 0 aromatic heterocycles. The van der Waals surface area contributed by atoms with Gasteiger partial charge in [-0.1, -0.05) is 18.6 Å². The summed E-state index contributed by atoms with van der Waals surface area (Å²) in [5.41, 5.74) is 7.14. The number of fused-ring (bicyclic) bond motifs is 1. The lowest BCUT2D eigenvalue weighted by molar-refractivity contribution is 0.202. The van der Waals surface area contributed by atoms with E-state index in [-0.39, 0.29) is 11.8 Å². The van der Waals surface area contributed by atoms with Crippen LogP contribution in [0.5, 0.6) is 0 Å². The van der Waals surface area contributed by atoms with Gasteiger partial charge in [0.15, 0.2) is 0 Å². The normalized spacial score (nSPS) is 27.4. The maximum atomic E-state index is 12.7. The molecule has 110 valence electrons. The first-order valence-corrected chi connectivity index (χ1v) is 9.01. The lowest BCUT2D eigenvalue weighted by atomic mass is 9.94. The second kappa shape index (κ2) is 5.37. The van der Waals surface area contributed by atoms with Gasteiger partial charge in [0.25, 0.3) is 0 Å². The number of nitrogen functional groups attached to an aromatic ring is 1. The fourth-order valence-corrected chi connectivity index (χ4v) is 5.59. The molecule has 4 nitrogen and oxygen atoms in total. The van der Waals surface area contributed by atoms with Crippen LogP contribution >= 0.6 is 0 Å². The van der Waals surface area contributed by atoms with Crippen molar-refractivity contribution in [1.29, 1.82) is 0 Å². The molecule has 1 saturated heterocycles. The molecule has 5 heteroatoms. The summed E-state index contributed by atoms with van der Waals surface area (Å²) in [5.74, 6) is 0.653. The molecular formula is C15H22N2O2S. The summed E-state index contributed by atoms with van der Waals surface area (Å²) in [6.07, 6.45) is 5.57. The third kappa shape index (κ3) is 2.69. The van der Waals surface area contributed by atoms with Crippen LogP contribution in [0, 0.1) is 5.92 Å². The Bertz CT molecular complexity index is 585. The number of benzene rings is 1. The van der Waals surface area contributed by atoms with Crippen molar-refractivity contribution in [1.82, 2.24) is 4.31 Å². The van der Waals surface area contributed by atoms with Gasteiger partial charge in [0, 0.05) is 18.3 Å². The largest absolute Gasteiger partial charge is 0.399 e. The molecule has 0 radical (unpaired) electrons. The van der Waals surface area contributed by atoms with Gasteiger partial charge in [-0.05, 0) is 49.3 Å². The van der Waals surface area contributed by atoms with Crippen LogP contribution in [0.4, 0.5) is 5.69 Å². The summed E-state index contributed by atoms with van der Waals surface area (Å²) in [5, 5.41) is 0. The maximum absolute atomic E-state index is 12.7. The van der Waals surface area contributed by atoms with Crippen molar-refractivity contribution in [3.8, 4) is 0 Å². The van der Waals surface area contributed by atoms with Crippen molar-refractivity contribution in [2.45, 2.75) is 43.9 Å². The third-order valence-electron chi connectivity index (χ3n) is 4.60. The first kappa shape index (κ1) is 13.9. The molecule has 2 N–H and O–H groups in total. The highest BCUT2D eigenvalue weighted by Gasteiger charge is 2.40. The van der Waals surface area contributed by atoms with Crippen molar-refractivity contribution in [2.75, 3.05) is 12.3 Å². The minimum atomic E-state index is -3.23. The molecule has 1 aromatic carbocycles. The molecule has 20 heavy (non-hydrogen) atoms. The van der Waals surface area contributed by atoms with Gasteiger partial charge in [-0.25, -0.2) is 8.42 Å². The molecule has 2 aliphatic rings. The Morgan fingerprint density at radius 3 is 2.80 bits per heavy atom. The molecule has 1 saturated carbocycles. The van der Waals surface area contributed by atoms with E-state index >= 15 is 0 Å². The third-order valence-corrected chi connectivity index (χ3v) is 6.47. The van der Waals surface area contributed by atoms with E-state index in [0.29, 0.717) is 18.2 Å². The lowest BCUT2D eigenvalue weighted by Crippen LogP contribution is -2.46. The number of piperidine rings is 1. The van der Waals surface area contributed by atoms with Crippen molar-refractivity contribution >= 4 is 15.7 Å². The smallest absolute Gasteiger partial charge is 0.218 e. The van der Waals surface area contributed by atoms with Gasteiger partial charge in [0.1, 0.15) is 0 Å². The highest BCUT2D eigenvalue weighted by atomic mass is 32.2. The average molecular weight is 294 g/mol. The van der Waals surface area contributed by atoms with Crippen molar-refractivity contribution < 1.29 is 8.42 Å². The van der Waals surface area contributed by atoms with Crippen molar-refractivity contribution in [2.24, 2.45) is 5.92 Å². The summed E-state index contributed by atoms with van der Waals surface area (Å²) in [4.78, 5) is 0. The summed E-state index contributed by atoms with van der Waals surface area (Å²) < 4.78 is 27.2. The van der Waals surface area contributed by atoms with Crippen LogP contribution in [0.2, 0.25) is 0 Å². The van der Waals surface area contributed by atoms with Gasteiger partial charge in [0.05, 0.1) is 5.75 Å². The molecule has 2 fully saturated rings. The number of anilines is 1. The Kier molecular flexibility index (Phi) is 3.73. The zero-order chi connectivity index (χ0) is 14.2. The second-order valence-corrected chi connectivity index (χ2v) is 7.93. The Morgan fingerprint density at radius 2 is 2.00 bits per heavy atom. The molecule has 2 unspecified atom stereocenters. The molecule has 2 atom stereocenters. The Morgan fingerprint density at radius 1 is 1.20 bits per heavy atom. The topological polar surface area (TPSA) is 63.4 Å². The van der Waals surface area contributed by atoms with Crippen LogP contribution < -0.4 is 5.73 Å². The molecule has 3 rings (SSSR count). The summed E-state index contributed by atoms with van der Waals surface area (Å²) in [7, 11) is -3.23. The van der Waals surface area contributed by atoms with Crippen LogP contribution in [0.1, 0.15) is 37.7 Å². The van der Waals surface area contributed by atoms with E-state index in [1.165, 1.54) is 19.3 Å². The lowest BCUT2D eigenvalue weighted by Gasteiger charge is -2.36. The quantitative estimate of drug-likeness (QED) is 0.870. The van der Waals surface area contributed by atoms with Gasteiger partial charge >= 0.3 is 0 Å². The van der Waals surface area contributed by atoms with Crippen molar-refractivity contribution in [3.05, 3.63) is 29.8 Å². The number of hydrogen-bond donors (Lipinski definition) is 1. The predicted octanol–water partition coefficient (Wildman–Crippen LogP) is 2.36. The van der Waals surface area contributed by atoms with E-state index in [0.717, 1.165) is 18.4 Å². The standard InChI is InChI=1S/C15H22N2O2S/c16-14-7-1-4-12(10-14)11-20(18,19)17-9-3-6-13-5-2-8-15(13)17/h1,4,7,10,13,15H,2-3,5-6,8-9,11,16H2. The highest BCUT2D eigenvalue weighted by molar-refractivity contribution is 7.88. The monoisotopic (exact) mass is 294 g/mol. The summed E-state index contributed by atoms with van der Waals surface area (Å²) >= 11 is 0. The van der Waals surface area contributed by atoms with E-state index in [4.69, 9.17) is 5.73 Å². The molecular weight excluding hydrogens is 272 g/mol. The van der Waals surface area contributed by atoms with Gasteiger partial charge < -0.3 is 5.73 Å². The molecule has 1 heterocycles. The van der Waals surface area contributed by atoms with Gasteiger partial charge in [-0.2, -0.15) is 4.31 Å². The minimum absolute atomic E-state index is 0.0707. The molecule has 0 bridgehead atoms. The zero-order valence-corrected chi connectivity index (χ0v) is 12.5. The summed E-state index contributed by atoms with van der Waals surface area (Å²) in [6.45, 7) is 0.686. The fourth-order valence-electron chi connectivity index (χ4n) is 3.73. The van der Waals surface area contributed by atoms with Gasteiger partial charge in [0.2, 0.25) is 10.0 Å². The van der Waals surface area contributed by atoms with Gasteiger partial charge in [-0.15, -0.1) is 0 Å². The molecule has 0 spiro atoms. The first-order valence-electron chi connectivity index (χ1n) is 7.40. The van der Waals surface area contributed by atoms with E-state index in [9.17, 15) is 8.42 Å². The molecule has 1 aliphatic carbocycles. The van der Waals surface area contributed by atoms with E-state index in [2.05, 4.69) is 0 Å². The molecule has 0 amide bonds. The number of rotatable bonds is 3. The number of sulfonamides is 1. The van der Waals surface area contributed by atoms with Crippen LogP contribution in [0.3, 0.4) is 0 Å². The molecule has 1 aromatic rings. The van der Waals surface area contributed by atoms with Crippen LogP contribution in [0.25, 0.3) is 0 Å². The van der Waals surface area contributed by atoms with E-state index in [1.54, 1.807) is 16.4 Å². The zero-order valence-electron chi connectivity index (χ0n) is 11.7. The second-order valence-electron chi connectivity index (χ2n) is 6.01. The highest BCUT2D eigenvalue weighted by Crippen LogP contribution is 2.38. The first-order chi connectivity index (χ1) is 9.56. The maximum Gasteiger partial charge on any atom is 0.218 e. The Balaban J connectivity index is 1.80. The number of nitrogens with two attached hydrogens (primary N) is 1. The summed E-state index contributed by atoms with van der Waals surface area (Å²) in [6, 6.07) is 7.44. The van der Waals surface area contributed by atoms with Crippen LogP contribution in [-0.2, 0) is 15.8 Å². The number of hydrogen-bond acceptors (Lipinski definition) is 3.